The van der Waals surface area contributed by atoms with Gasteiger partial charge >= 0.3 is 0 Å². The van der Waals surface area contributed by atoms with Gasteiger partial charge in [-0.15, -0.1) is 6.42 Å². The van der Waals surface area contributed by atoms with Crippen LogP contribution in [0.2, 0.25) is 0 Å². The summed E-state index contributed by atoms with van der Waals surface area (Å²) in [7, 11) is 1.80. The molecule has 18 heavy (non-hydrogen) atoms. The monoisotopic (exact) mass is 247 g/mol. The van der Waals surface area contributed by atoms with Crippen LogP contribution in [0, 0.1) is 24.0 Å². The smallest absolute Gasteiger partial charge is 0.150 e. The molecule has 0 unspecified atom stereocenters. The summed E-state index contributed by atoms with van der Waals surface area (Å²) in [4.78, 5) is 3.92. The third-order valence-corrected chi connectivity index (χ3v) is 2.57. The van der Waals surface area contributed by atoms with Crippen molar-refractivity contribution < 1.29 is 8.78 Å². The van der Waals surface area contributed by atoms with Crippen molar-refractivity contribution in [2.24, 2.45) is 7.05 Å². The van der Waals surface area contributed by atoms with E-state index in [0.717, 1.165) is 17.8 Å². The van der Waals surface area contributed by atoms with Crippen molar-refractivity contribution in [2.75, 3.05) is 5.32 Å². The molecular weight excluding hydrogens is 236 g/mol. The first-order valence-corrected chi connectivity index (χ1v) is 5.26. The summed E-state index contributed by atoms with van der Waals surface area (Å²) in [5.41, 5.74) is 0.807. The average molecular weight is 247 g/mol. The molecule has 0 saturated carbocycles. The molecule has 0 fully saturated rings. The van der Waals surface area contributed by atoms with Crippen LogP contribution in [0.15, 0.2) is 24.7 Å². The van der Waals surface area contributed by atoms with Gasteiger partial charge in [0.25, 0.3) is 0 Å². The highest BCUT2D eigenvalue weighted by Gasteiger charge is 2.10. The molecule has 0 spiro atoms. The van der Waals surface area contributed by atoms with Gasteiger partial charge < -0.3 is 9.88 Å². The van der Waals surface area contributed by atoms with Gasteiger partial charge in [0.05, 0.1) is 18.6 Å². The molecule has 1 heterocycles. The van der Waals surface area contributed by atoms with Crippen molar-refractivity contribution in [1.29, 1.82) is 0 Å². The highest BCUT2D eigenvalue weighted by Crippen LogP contribution is 2.21. The molecule has 2 rings (SSSR count). The molecular formula is C13H11F2N3. The number of nitrogens with one attached hydrogen (secondary N) is 1. The molecule has 1 N–H and O–H groups in total. The normalized spacial score (nSPS) is 10.1. The first-order chi connectivity index (χ1) is 8.61. The molecule has 0 radical (unpaired) electrons. The second-order valence-corrected chi connectivity index (χ2v) is 3.81. The fourth-order valence-corrected chi connectivity index (χ4v) is 1.56. The Hall–Kier alpha value is -2.35. The number of hydrogen-bond acceptors (Lipinski definition) is 2. The van der Waals surface area contributed by atoms with Crippen molar-refractivity contribution in [3.63, 3.8) is 0 Å². The Morgan fingerprint density at radius 3 is 2.56 bits per heavy atom. The number of aryl methyl sites for hydroxylation is 1. The zero-order chi connectivity index (χ0) is 13.1. The molecule has 2 aromatic rings. The van der Waals surface area contributed by atoms with E-state index >= 15 is 0 Å². The zero-order valence-electron chi connectivity index (χ0n) is 9.74. The largest absolute Gasteiger partial charge is 0.375 e. The molecule has 0 aliphatic rings. The van der Waals surface area contributed by atoms with Crippen LogP contribution in [0.3, 0.4) is 0 Å². The highest BCUT2D eigenvalue weighted by atomic mass is 19.1. The van der Waals surface area contributed by atoms with E-state index in [9.17, 15) is 8.78 Å². The predicted molar refractivity (Wildman–Crippen MR) is 64.8 cm³/mol. The van der Waals surface area contributed by atoms with Crippen molar-refractivity contribution in [2.45, 2.75) is 6.54 Å². The number of benzene rings is 1. The Morgan fingerprint density at radius 2 is 2.06 bits per heavy atom. The van der Waals surface area contributed by atoms with E-state index in [-0.39, 0.29) is 17.8 Å². The molecule has 1 aromatic carbocycles. The van der Waals surface area contributed by atoms with Gasteiger partial charge in [-0.1, -0.05) is 5.92 Å². The number of aromatic nitrogens is 2. The number of anilines is 1. The Kier molecular flexibility index (Phi) is 3.28. The zero-order valence-corrected chi connectivity index (χ0v) is 9.74. The number of imidazole rings is 1. The van der Waals surface area contributed by atoms with Gasteiger partial charge in [0.2, 0.25) is 0 Å². The maximum absolute atomic E-state index is 13.6. The summed E-state index contributed by atoms with van der Waals surface area (Å²) >= 11 is 0. The van der Waals surface area contributed by atoms with Crippen LogP contribution in [-0.2, 0) is 13.6 Å². The van der Waals surface area contributed by atoms with Gasteiger partial charge in [-0.25, -0.2) is 13.8 Å². The molecule has 0 saturated heterocycles. The van der Waals surface area contributed by atoms with Crippen molar-refractivity contribution in [3.05, 3.63) is 47.5 Å². The van der Waals surface area contributed by atoms with E-state index < -0.39 is 11.6 Å². The Bertz CT molecular complexity index is 588. The number of terminal acetylenes is 1. The lowest BCUT2D eigenvalue weighted by Crippen LogP contribution is -2.07. The summed E-state index contributed by atoms with van der Waals surface area (Å²) in [6, 6.07) is 2.24. The van der Waals surface area contributed by atoms with Crippen molar-refractivity contribution in [3.8, 4) is 12.3 Å². The van der Waals surface area contributed by atoms with Crippen LogP contribution >= 0.6 is 0 Å². The topological polar surface area (TPSA) is 29.9 Å². The maximum atomic E-state index is 13.6. The van der Waals surface area contributed by atoms with E-state index in [1.165, 1.54) is 0 Å². The summed E-state index contributed by atoms with van der Waals surface area (Å²) in [5, 5.41) is 2.70. The molecule has 92 valence electrons. The molecule has 0 aliphatic carbocycles. The quantitative estimate of drug-likeness (QED) is 0.843. The standard InChI is InChI=1S/C13H11F2N3/c1-3-9-4-11(14)13(12(15)5-9)17-7-10-6-16-8-18(10)2/h1,4-6,8,17H,7H2,2H3. The minimum Gasteiger partial charge on any atom is -0.375 e. The van der Waals surface area contributed by atoms with Crippen molar-refractivity contribution in [1.82, 2.24) is 9.55 Å². The van der Waals surface area contributed by atoms with Gasteiger partial charge in [-0.2, -0.15) is 0 Å². The fraction of sp³-hybridized carbons (Fsp3) is 0.154. The van der Waals surface area contributed by atoms with E-state index in [0.29, 0.717) is 0 Å². The molecule has 1 aromatic heterocycles. The van der Waals surface area contributed by atoms with Gasteiger partial charge in [0.1, 0.15) is 5.69 Å². The number of nitrogens with zero attached hydrogens (tertiary/aromatic N) is 2. The minimum absolute atomic E-state index is 0.177. The Morgan fingerprint density at radius 1 is 1.39 bits per heavy atom. The van der Waals surface area contributed by atoms with Gasteiger partial charge in [-0.05, 0) is 12.1 Å². The first-order valence-electron chi connectivity index (χ1n) is 5.26. The minimum atomic E-state index is -0.704. The second-order valence-electron chi connectivity index (χ2n) is 3.81. The highest BCUT2D eigenvalue weighted by molar-refractivity contribution is 5.51. The fourth-order valence-electron chi connectivity index (χ4n) is 1.56. The lowest BCUT2D eigenvalue weighted by molar-refractivity contribution is 0.587. The maximum Gasteiger partial charge on any atom is 0.150 e. The third-order valence-electron chi connectivity index (χ3n) is 2.57. The summed E-state index contributed by atoms with van der Waals surface area (Å²) in [6.45, 7) is 0.278. The van der Waals surface area contributed by atoms with Crippen molar-refractivity contribution >= 4 is 5.69 Å². The molecule has 5 heteroatoms. The number of hydrogen-bond donors (Lipinski definition) is 1. The third kappa shape index (κ3) is 2.33. The summed E-state index contributed by atoms with van der Waals surface area (Å²) < 4.78 is 29.0. The Balaban J connectivity index is 2.20. The van der Waals surface area contributed by atoms with Crippen LogP contribution in [0.1, 0.15) is 11.3 Å². The number of halogens is 2. The first kappa shape index (κ1) is 12.1. The molecule has 0 bridgehead atoms. The predicted octanol–water partition coefficient (Wildman–Crippen LogP) is 2.29. The van der Waals surface area contributed by atoms with E-state index in [1.807, 2.05) is 0 Å². The van der Waals surface area contributed by atoms with Gasteiger partial charge in [0.15, 0.2) is 11.6 Å². The number of rotatable bonds is 3. The lowest BCUT2D eigenvalue weighted by Gasteiger charge is -2.09. The van der Waals surface area contributed by atoms with Gasteiger partial charge in [-0.3, -0.25) is 0 Å². The summed E-state index contributed by atoms with van der Waals surface area (Å²) in [6.07, 6.45) is 8.33. The molecule has 0 amide bonds. The summed E-state index contributed by atoms with van der Waals surface area (Å²) in [5.74, 6) is 0.786. The molecule has 0 atom stereocenters. The molecule has 0 aliphatic heterocycles. The molecule has 3 nitrogen and oxygen atoms in total. The van der Waals surface area contributed by atoms with E-state index in [2.05, 4.69) is 16.2 Å². The van der Waals surface area contributed by atoms with Crippen LogP contribution in [0.5, 0.6) is 0 Å². The Labute approximate surface area is 103 Å². The second kappa shape index (κ2) is 4.88. The van der Waals surface area contributed by atoms with Crippen LogP contribution in [0.4, 0.5) is 14.5 Å². The average Bonchev–Trinajstić information content (AvgIpc) is 2.73. The van der Waals surface area contributed by atoms with Crippen LogP contribution in [0.25, 0.3) is 0 Å². The van der Waals surface area contributed by atoms with E-state index in [4.69, 9.17) is 6.42 Å². The van der Waals surface area contributed by atoms with E-state index in [1.54, 1.807) is 24.1 Å². The van der Waals surface area contributed by atoms with Crippen LogP contribution < -0.4 is 5.32 Å². The van der Waals surface area contributed by atoms with Crippen LogP contribution in [-0.4, -0.2) is 9.55 Å². The van der Waals surface area contributed by atoms with Gasteiger partial charge in [0, 0.05) is 18.8 Å². The SMILES string of the molecule is C#Cc1cc(F)c(NCc2cncn2C)c(F)c1. The lowest BCUT2D eigenvalue weighted by atomic mass is 10.2.